The topological polar surface area (TPSA) is 301 Å². The van der Waals surface area contributed by atoms with Crippen molar-refractivity contribution in [2.24, 2.45) is 23.3 Å². The molecule has 7 amide bonds. The average molecular weight is 769 g/mol. The lowest BCUT2D eigenvalue weighted by Crippen LogP contribution is -2.61. The van der Waals surface area contributed by atoms with Gasteiger partial charge in [0, 0.05) is 6.42 Å². The summed E-state index contributed by atoms with van der Waals surface area (Å²) < 4.78 is 0. The smallest absolute Gasteiger partial charge is 0.305 e. The average Bonchev–Trinajstić information content (AvgIpc) is 3.11. The number of primary amides is 1. The minimum atomic E-state index is -1.72. The maximum absolute atomic E-state index is 13.7. The van der Waals surface area contributed by atoms with E-state index in [1.54, 1.807) is 70.2 Å². The second-order valence-corrected chi connectivity index (χ2v) is 13.8. The molecule has 0 aliphatic rings. The number of hydrogen-bond donors (Lipinski definition) is 10. The molecule has 0 aliphatic carbocycles. The van der Waals surface area contributed by atoms with Crippen molar-refractivity contribution in [2.45, 2.75) is 90.1 Å². The fourth-order valence-electron chi connectivity index (χ4n) is 5.23. The van der Waals surface area contributed by atoms with Crippen LogP contribution in [-0.4, -0.2) is 100 Å². The molecule has 2 aromatic carbocycles. The highest BCUT2D eigenvalue weighted by molar-refractivity contribution is 5.98. The molecule has 0 saturated carbocycles. The van der Waals surface area contributed by atoms with Crippen molar-refractivity contribution in [1.82, 2.24) is 31.9 Å². The molecular weight excluding hydrogens is 716 g/mol. The highest BCUT2D eigenvalue weighted by Crippen LogP contribution is 2.12. The van der Waals surface area contributed by atoms with E-state index in [1.807, 2.05) is 0 Å². The van der Waals surface area contributed by atoms with E-state index >= 15 is 0 Å². The summed E-state index contributed by atoms with van der Waals surface area (Å²) in [5.74, 6) is -8.12. The van der Waals surface area contributed by atoms with Crippen molar-refractivity contribution >= 4 is 47.3 Å². The monoisotopic (exact) mass is 768 g/mol. The minimum Gasteiger partial charge on any atom is -0.508 e. The zero-order valence-electron chi connectivity index (χ0n) is 31.5. The summed E-state index contributed by atoms with van der Waals surface area (Å²) in [4.78, 5) is 102. The number of hydrogen-bond acceptors (Lipinski definition) is 10. The van der Waals surface area contributed by atoms with Gasteiger partial charge in [-0.2, -0.15) is 0 Å². The van der Waals surface area contributed by atoms with Gasteiger partial charge in [0.2, 0.25) is 41.4 Å². The number of rotatable bonds is 21. The van der Waals surface area contributed by atoms with Crippen LogP contribution >= 0.6 is 0 Å². The van der Waals surface area contributed by atoms with Crippen LogP contribution in [-0.2, 0) is 51.2 Å². The molecule has 0 bridgehead atoms. The summed E-state index contributed by atoms with van der Waals surface area (Å²) in [7, 11) is 0. The zero-order valence-corrected chi connectivity index (χ0v) is 31.5. The van der Waals surface area contributed by atoms with E-state index in [9.17, 15) is 48.6 Å². The Morgan fingerprint density at radius 1 is 0.600 bits per heavy atom. The molecule has 6 atom stereocenters. The predicted molar refractivity (Wildman–Crippen MR) is 199 cm³/mol. The molecular formula is C37H52N8O10. The predicted octanol–water partition coefficient (Wildman–Crippen LogP) is -1.66. The molecule has 18 nitrogen and oxygen atoms in total. The van der Waals surface area contributed by atoms with Gasteiger partial charge in [0.25, 0.3) is 0 Å². The third kappa shape index (κ3) is 15.5. The van der Waals surface area contributed by atoms with Gasteiger partial charge in [0.05, 0.1) is 19.0 Å². The van der Waals surface area contributed by atoms with Gasteiger partial charge in [-0.3, -0.25) is 38.4 Å². The fraction of sp³-hybridized carbons (Fsp3) is 0.459. The minimum absolute atomic E-state index is 0.0428. The van der Waals surface area contributed by atoms with Crippen LogP contribution in [0, 0.1) is 11.8 Å². The number of phenolic OH excluding ortho intramolecular Hbond substituents is 1. The number of carboxylic acids is 1. The first-order valence-electron chi connectivity index (χ1n) is 17.7. The van der Waals surface area contributed by atoms with Crippen molar-refractivity contribution in [2.75, 3.05) is 6.54 Å². The number of carbonyl (C=O) groups is 8. The van der Waals surface area contributed by atoms with Crippen molar-refractivity contribution in [3.05, 3.63) is 65.7 Å². The molecule has 18 heteroatoms. The maximum atomic E-state index is 13.7. The lowest BCUT2D eigenvalue weighted by Gasteiger charge is -2.29. The number of benzene rings is 2. The second kappa shape index (κ2) is 21.6. The Hall–Kier alpha value is -6.04. The first kappa shape index (κ1) is 45.1. The van der Waals surface area contributed by atoms with Crippen molar-refractivity contribution < 1.29 is 48.6 Å². The van der Waals surface area contributed by atoms with E-state index < -0.39 is 108 Å². The molecule has 12 N–H and O–H groups in total. The van der Waals surface area contributed by atoms with Gasteiger partial charge in [0.15, 0.2) is 0 Å². The number of phenols is 1. The number of nitrogens with two attached hydrogens (primary N) is 2. The van der Waals surface area contributed by atoms with Crippen molar-refractivity contribution in [3.8, 4) is 5.75 Å². The van der Waals surface area contributed by atoms with Crippen LogP contribution in [0.3, 0.4) is 0 Å². The number of amides is 7. The lowest BCUT2D eigenvalue weighted by molar-refractivity contribution is -0.141. The van der Waals surface area contributed by atoms with Crippen LogP contribution in [0.15, 0.2) is 54.6 Å². The fourth-order valence-corrected chi connectivity index (χ4v) is 5.23. The number of aliphatic carboxylic acids is 1. The Kier molecular flexibility index (Phi) is 17.7. The maximum Gasteiger partial charge on any atom is 0.305 e. The number of aromatic hydroxyl groups is 1. The van der Waals surface area contributed by atoms with Crippen molar-refractivity contribution in [1.29, 1.82) is 0 Å². The van der Waals surface area contributed by atoms with Crippen LogP contribution in [0.25, 0.3) is 0 Å². The van der Waals surface area contributed by atoms with Gasteiger partial charge in [-0.25, -0.2) is 0 Å². The summed E-state index contributed by atoms with van der Waals surface area (Å²) in [6, 6.07) is 6.87. The van der Waals surface area contributed by atoms with E-state index in [0.29, 0.717) is 11.1 Å². The lowest BCUT2D eigenvalue weighted by atomic mass is 9.99. The molecule has 0 aromatic heterocycles. The Balaban J connectivity index is 2.23. The third-order valence-electron chi connectivity index (χ3n) is 8.34. The summed E-state index contributed by atoms with van der Waals surface area (Å²) in [5, 5.41) is 33.9. The van der Waals surface area contributed by atoms with Gasteiger partial charge < -0.3 is 53.6 Å². The normalized spacial score (nSPS) is 14.3. The SMILES string of the molecule is CC(C)[C@H](NC(=O)[C@@H](NC(=O)[C@@H](CC(=O)O)NC(=O)[C@@H](Cc1ccccc1)NC(=O)[C@H](C)NC(=O)[C@H](N)Cc1ccc(O)cc1)C(C)C)C(=O)NCC(N)=O. The molecule has 0 unspecified atom stereocenters. The summed E-state index contributed by atoms with van der Waals surface area (Å²) in [6.45, 7) is 7.39. The van der Waals surface area contributed by atoms with Gasteiger partial charge in [-0.15, -0.1) is 0 Å². The Labute approximate surface area is 318 Å². The van der Waals surface area contributed by atoms with Crippen LogP contribution < -0.4 is 43.4 Å². The molecule has 2 aromatic rings. The first-order chi connectivity index (χ1) is 25.8. The third-order valence-corrected chi connectivity index (χ3v) is 8.34. The van der Waals surface area contributed by atoms with E-state index in [2.05, 4.69) is 31.9 Å². The standard InChI is InChI=1S/C37H52N8O10/c1-19(2)30(36(54)40-18-28(39)47)45-37(55)31(20(3)4)44-35(53)27(17-29(48)49)43-34(52)26(16-22-9-7-6-8-10-22)42-32(50)21(5)41-33(51)25(38)15-23-11-13-24(46)14-12-23/h6-14,19-21,25-27,30-31,46H,15-18,38H2,1-5H3,(H2,39,47)(H,40,54)(H,41,51)(H,42,50)(H,43,52)(H,44,53)(H,45,55)(H,48,49)/t21-,25+,26+,27+,30-,31-/m0/s1. The second-order valence-electron chi connectivity index (χ2n) is 13.8. The summed E-state index contributed by atoms with van der Waals surface area (Å²) in [5.41, 5.74) is 12.4. The Morgan fingerprint density at radius 3 is 1.65 bits per heavy atom. The van der Waals surface area contributed by atoms with E-state index in [1.165, 1.54) is 19.1 Å². The van der Waals surface area contributed by atoms with Crippen LogP contribution in [0.1, 0.15) is 52.2 Å². The van der Waals surface area contributed by atoms with E-state index in [4.69, 9.17) is 11.5 Å². The van der Waals surface area contributed by atoms with Gasteiger partial charge >= 0.3 is 5.97 Å². The van der Waals surface area contributed by atoms with Crippen LogP contribution in [0.2, 0.25) is 0 Å². The highest BCUT2D eigenvalue weighted by atomic mass is 16.4. The zero-order chi connectivity index (χ0) is 41.4. The van der Waals surface area contributed by atoms with Crippen molar-refractivity contribution in [3.63, 3.8) is 0 Å². The molecule has 0 fully saturated rings. The highest BCUT2D eigenvalue weighted by Gasteiger charge is 2.35. The Bertz CT molecular complexity index is 1670. The summed E-state index contributed by atoms with van der Waals surface area (Å²) in [6.07, 6.45) is -0.881. The molecule has 0 radical (unpaired) electrons. The molecule has 0 spiro atoms. The van der Waals surface area contributed by atoms with E-state index in [0.717, 1.165) is 0 Å². The van der Waals surface area contributed by atoms with Gasteiger partial charge in [-0.05, 0) is 48.4 Å². The summed E-state index contributed by atoms with van der Waals surface area (Å²) >= 11 is 0. The largest absolute Gasteiger partial charge is 0.508 e. The molecule has 0 aliphatic heterocycles. The molecule has 55 heavy (non-hydrogen) atoms. The van der Waals surface area contributed by atoms with Crippen LogP contribution in [0.5, 0.6) is 5.75 Å². The Morgan fingerprint density at radius 2 is 1.11 bits per heavy atom. The first-order valence-corrected chi connectivity index (χ1v) is 17.7. The number of carboxylic acid groups (broad SMARTS) is 1. The number of nitrogens with one attached hydrogen (secondary N) is 6. The quantitative estimate of drug-likeness (QED) is 0.0685. The molecule has 0 heterocycles. The van der Waals surface area contributed by atoms with Gasteiger partial charge in [-0.1, -0.05) is 70.2 Å². The van der Waals surface area contributed by atoms with E-state index in [-0.39, 0.29) is 18.6 Å². The number of carbonyl (C=O) groups excluding carboxylic acids is 7. The molecule has 2 rings (SSSR count). The van der Waals surface area contributed by atoms with Crippen LogP contribution in [0.4, 0.5) is 0 Å². The molecule has 300 valence electrons. The van der Waals surface area contributed by atoms with Gasteiger partial charge in [0.1, 0.15) is 36.0 Å². The molecule has 0 saturated heterocycles.